The van der Waals surface area contributed by atoms with Crippen LogP contribution in [-0.4, -0.2) is 41.0 Å². The van der Waals surface area contributed by atoms with Crippen LogP contribution in [0, 0.1) is 5.92 Å². The first kappa shape index (κ1) is 16.4. The van der Waals surface area contributed by atoms with Crippen LogP contribution in [0.25, 0.3) is 0 Å². The van der Waals surface area contributed by atoms with Gasteiger partial charge in [-0.3, -0.25) is 9.69 Å². The van der Waals surface area contributed by atoms with Gasteiger partial charge in [-0.25, -0.2) is 0 Å². The van der Waals surface area contributed by atoms with Gasteiger partial charge >= 0.3 is 0 Å². The zero-order chi connectivity index (χ0) is 14.4. The molecule has 0 spiro atoms. The van der Waals surface area contributed by atoms with Gasteiger partial charge in [-0.1, -0.05) is 38.9 Å². The van der Waals surface area contributed by atoms with E-state index in [1.807, 2.05) is 6.92 Å². The van der Waals surface area contributed by atoms with E-state index < -0.39 is 0 Å². The molecule has 1 amide bonds. The third-order valence-corrected chi connectivity index (χ3v) is 4.06. The molecule has 4 nitrogen and oxygen atoms in total. The highest BCUT2D eigenvalue weighted by Crippen LogP contribution is 2.23. The van der Waals surface area contributed by atoms with Crippen LogP contribution in [-0.2, 0) is 4.79 Å². The van der Waals surface area contributed by atoms with Crippen LogP contribution in [0.1, 0.15) is 46.5 Å². The van der Waals surface area contributed by atoms with Gasteiger partial charge in [-0.2, -0.15) is 0 Å². The van der Waals surface area contributed by atoms with E-state index in [2.05, 4.69) is 24.1 Å². The lowest BCUT2D eigenvalue weighted by Gasteiger charge is -2.28. The van der Waals surface area contributed by atoms with Crippen LogP contribution in [0.3, 0.4) is 0 Å². The molecule has 1 rings (SSSR count). The number of thiocarbonyl (C=S) groups is 1. The summed E-state index contributed by atoms with van der Waals surface area (Å²) in [4.78, 5) is 14.7. The van der Waals surface area contributed by atoms with Crippen LogP contribution < -0.4 is 11.1 Å². The van der Waals surface area contributed by atoms with E-state index in [0.717, 1.165) is 12.8 Å². The minimum absolute atomic E-state index is 0.0735. The van der Waals surface area contributed by atoms with Crippen molar-refractivity contribution in [2.24, 2.45) is 11.7 Å². The Morgan fingerprint density at radius 1 is 1.32 bits per heavy atom. The first-order valence-corrected chi connectivity index (χ1v) is 7.62. The molecule has 1 fully saturated rings. The van der Waals surface area contributed by atoms with Crippen molar-refractivity contribution >= 4 is 23.1 Å². The molecule has 1 aliphatic carbocycles. The zero-order valence-corrected chi connectivity index (χ0v) is 13.1. The molecule has 110 valence electrons. The zero-order valence-electron chi connectivity index (χ0n) is 12.3. The van der Waals surface area contributed by atoms with Gasteiger partial charge in [0.1, 0.15) is 0 Å². The Morgan fingerprint density at radius 2 is 1.89 bits per heavy atom. The molecule has 1 saturated carbocycles. The fraction of sp³-hybridized carbons (Fsp3) is 0.857. The summed E-state index contributed by atoms with van der Waals surface area (Å²) in [7, 11) is 0. The molecule has 1 aliphatic rings. The van der Waals surface area contributed by atoms with Crippen LogP contribution in [0.4, 0.5) is 0 Å². The summed E-state index contributed by atoms with van der Waals surface area (Å²) < 4.78 is 0. The summed E-state index contributed by atoms with van der Waals surface area (Å²) >= 11 is 4.99. The minimum Gasteiger partial charge on any atom is -0.392 e. The maximum absolute atomic E-state index is 12.1. The number of carbonyl (C=O) groups is 1. The van der Waals surface area contributed by atoms with Gasteiger partial charge in [0.25, 0.3) is 0 Å². The third-order valence-electron chi connectivity index (χ3n) is 3.94. The Bertz CT molecular complexity index is 314. The highest BCUT2D eigenvalue weighted by atomic mass is 32.1. The Kier molecular flexibility index (Phi) is 6.72. The van der Waals surface area contributed by atoms with Crippen molar-refractivity contribution in [1.82, 2.24) is 10.2 Å². The summed E-state index contributed by atoms with van der Waals surface area (Å²) in [5, 5.41) is 3.04. The van der Waals surface area contributed by atoms with E-state index in [0.29, 0.717) is 30.0 Å². The van der Waals surface area contributed by atoms with Gasteiger partial charge in [0.05, 0.1) is 11.5 Å². The van der Waals surface area contributed by atoms with Crippen molar-refractivity contribution in [2.75, 3.05) is 13.1 Å². The van der Waals surface area contributed by atoms with Gasteiger partial charge in [0.2, 0.25) is 5.91 Å². The lowest BCUT2D eigenvalue weighted by atomic mass is 10.1. The quantitative estimate of drug-likeness (QED) is 0.699. The molecular formula is C14H27N3OS. The highest BCUT2D eigenvalue weighted by Gasteiger charge is 2.25. The molecule has 0 aromatic carbocycles. The number of carbonyl (C=O) groups excluding carboxylic acids is 1. The van der Waals surface area contributed by atoms with Gasteiger partial charge in [-0.05, 0) is 25.7 Å². The lowest BCUT2D eigenvalue weighted by molar-refractivity contribution is -0.123. The number of hydrogen-bond acceptors (Lipinski definition) is 3. The van der Waals surface area contributed by atoms with Crippen molar-refractivity contribution in [1.29, 1.82) is 0 Å². The fourth-order valence-electron chi connectivity index (χ4n) is 2.43. The smallest absolute Gasteiger partial charge is 0.234 e. The number of amides is 1. The molecular weight excluding hydrogens is 258 g/mol. The normalized spacial score (nSPS) is 17.9. The monoisotopic (exact) mass is 285 g/mol. The molecule has 0 aromatic rings. The number of nitrogens with zero attached hydrogens (tertiary/aromatic N) is 1. The molecule has 0 aromatic heterocycles. The maximum atomic E-state index is 12.1. The largest absolute Gasteiger partial charge is 0.392 e. The number of rotatable bonds is 7. The van der Waals surface area contributed by atoms with Crippen molar-refractivity contribution < 1.29 is 4.79 Å². The summed E-state index contributed by atoms with van der Waals surface area (Å²) in [6.45, 7) is 7.20. The van der Waals surface area contributed by atoms with Crippen molar-refractivity contribution in [3.8, 4) is 0 Å². The lowest BCUT2D eigenvalue weighted by Crippen LogP contribution is -2.47. The average Bonchev–Trinajstić information content (AvgIpc) is 2.80. The SMILES string of the molecule is CC(C)C(C)NC(=O)CN(CC(N)=S)C1CCCC1. The van der Waals surface area contributed by atoms with E-state index in [9.17, 15) is 4.79 Å². The van der Waals surface area contributed by atoms with Crippen LogP contribution in [0.15, 0.2) is 0 Å². The Morgan fingerprint density at radius 3 is 2.37 bits per heavy atom. The first-order valence-electron chi connectivity index (χ1n) is 7.22. The predicted octanol–water partition coefficient (Wildman–Crippen LogP) is 1.68. The third kappa shape index (κ3) is 5.87. The van der Waals surface area contributed by atoms with Gasteiger partial charge in [0.15, 0.2) is 0 Å². The molecule has 0 saturated heterocycles. The second-order valence-corrected chi connectivity index (χ2v) is 6.43. The van der Waals surface area contributed by atoms with Gasteiger partial charge in [-0.15, -0.1) is 0 Å². The van der Waals surface area contributed by atoms with Gasteiger partial charge in [0, 0.05) is 18.6 Å². The molecule has 0 radical (unpaired) electrons. The number of hydrogen-bond donors (Lipinski definition) is 2. The van der Waals surface area contributed by atoms with Crippen molar-refractivity contribution in [3.05, 3.63) is 0 Å². The molecule has 1 unspecified atom stereocenters. The molecule has 0 bridgehead atoms. The second kappa shape index (κ2) is 7.80. The Hall–Kier alpha value is -0.680. The first-order chi connectivity index (χ1) is 8.90. The Labute approximate surface area is 122 Å². The standard InChI is InChI=1S/C14H27N3OS/c1-10(2)11(3)16-14(18)9-17(8-13(15)19)12-6-4-5-7-12/h10-12H,4-9H2,1-3H3,(H2,15,19)(H,16,18). The number of nitrogens with one attached hydrogen (secondary N) is 1. The molecule has 0 aliphatic heterocycles. The molecule has 5 heteroatoms. The molecule has 19 heavy (non-hydrogen) atoms. The van der Waals surface area contributed by atoms with E-state index in [1.165, 1.54) is 12.8 Å². The topological polar surface area (TPSA) is 58.4 Å². The van der Waals surface area contributed by atoms with E-state index in [1.54, 1.807) is 0 Å². The molecule has 0 heterocycles. The van der Waals surface area contributed by atoms with E-state index in [-0.39, 0.29) is 11.9 Å². The second-order valence-electron chi connectivity index (χ2n) is 5.91. The summed E-state index contributed by atoms with van der Waals surface area (Å²) in [6.07, 6.45) is 4.77. The minimum atomic E-state index is 0.0735. The summed E-state index contributed by atoms with van der Waals surface area (Å²) in [5.41, 5.74) is 5.64. The fourth-order valence-corrected chi connectivity index (χ4v) is 2.60. The Balaban J connectivity index is 2.51. The molecule has 3 N–H and O–H groups in total. The van der Waals surface area contributed by atoms with Crippen LogP contribution in [0.5, 0.6) is 0 Å². The van der Waals surface area contributed by atoms with Crippen molar-refractivity contribution in [2.45, 2.75) is 58.5 Å². The van der Waals surface area contributed by atoms with Crippen LogP contribution >= 0.6 is 12.2 Å². The highest BCUT2D eigenvalue weighted by molar-refractivity contribution is 7.80. The predicted molar refractivity (Wildman–Crippen MR) is 83.1 cm³/mol. The average molecular weight is 285 g/mol. The van der Waals surface area contributed by atoms with Crippen LogP contribution in [0.2, 0.25) is 0 Å². The van der Waals surface area contributed by atoms with Gasteiger partial charge < -0.3 is 11.1 Å². The summed E-state index contributed by atoms with van der Waals surface area (Å²) in [5.74, 6) is 0.517. The van der Waals surface area contributed by atoms with Crippen molar-refractivity contribution in [3.63, 3.8) is 0 Å². The van der Waals surface area contributed by atoms with E-state index >= 15 is 0 Å². The number of nitrogens with two attached hydrogens (primary N) is 1. The molecule has 1 atom stereocenters. The summed E-state index contributed by atoms with van der Waals surface area (Å²) in [6, 6.07) is 0.657. The van der Waals surface area contributed by atoms with E-state index in [4.69, 9.17) is 18.0 Å². The maximum Gasteiger partial charge on any atom is 0.234 e.